The highest BCUT2D eigenvalue weighted by atomic mass is 16.2. The van der Waals surface area contributed by atoms with E-state index in [1.165, 1.54) is 5.56 Å². The van der Waals surface area contributed by atoms with Crippen LogP contribution in [-0.4, -0.2) is 46.6 Å². The first-order valence-corrected chi connectivity index (χ1v) is 8.22. The smallest absolute Gasteiger partial charge is 0.239 e. The van der Waals surface area contributed by atoms with Crippen molar-refractivity contribution in [3.63, 3.8) is 0 Å². The summed E-state index contributed by atoms with van der Waals surface area (Å²) in [6.07, 6.45) is 1.64. The van der Waals surface area contributed by atoms with Gasteiger partial charge in [0.15, 0.2) is 0 Å². The fourth-order valence-electron chi connectivity index (χ4n) is 2.50. The molecule has 134 valence electrons. The predicted molar refractivity (Wildman–Crippen MR) is 97.2 cm³/mol. The van der Waals surface area contributed by atoms with Gasteiger partial charge < -0.3 is 11.1 Å². The second kappa shape index (κ2) is 8.43. The lowest BCUT2D eigenvalue weighted by Crippen LogP contribution is -2.36. The fraction of sp³-hybridized carbons (Fsp3) is 0.389. The van der Waals surface area contributed by atoms with Crippen LogP contribution >= 0.6 is 0 Å². The summed E-state index contributed by atoms with van der Waals surface area (Å²) in [6, 6.07) is 10.1. The Hall–Kier alpha value is -2.67. The molecule has 2 aromatic rings. The van der Waals surface area contributed by atoms with Crippen molar-refractivity contribution in [1.82, 2.24) is 14.7 Å². The number of amides is 2. The molecule has 0 radical (unpaired) electrons. The van der Waals surface area contributed by atoms with Gasteiger partial charge in [-0.3, -0.25) is 14.5 Å². The summed E-state index contributed by atoms with van der Waals surface area (Å²) >= 11 is 0. The van der Waals surface area contributed by atoms with Gasteiger partial charge in [-0.2, -0.15) is 5.10 Å². The van der Waals surface area contributed by atoms with Gasteiger partial charge in [-0.15, -0.1) is 0 Å². The second-order valence-electron chi connectivity index (χ2n) is 6.46. The Labute approximate surface area is 147 Å². The number of likely N-dealkylation sites (N-methyl/N-ethyl adjacent to an activating group) is 1. The Morgan fingerprint density at radius 1 is 1.20 bits per heavy atom. The van der Waals surface area contributed by atoms with Crippen molar-refractivity contribution in [2.24, 2.45) is 5.73 Å². The molecule has 0 unspecified atom stereocenters. The van der Waals surface area contributed by atoms with Crippen molar-refractivity contribution < 1.29 is 9.59 Å². The summed E-state index contributed by atoms with van der Waals surface area (Å²) in [7, 11) is 1.66. The molecule has 0 aliphatic rings. The zero-order valence-corrected chi connectivity index (χ0v) is 14.9. The molecular weight excluding hydrogens is 318 g/mol. The Bertz CT molecular complexity index is 721. The summed E-state index contributed by atoms with van der Waals surface area (Å²) in [5.41, 5.74) is 7.51. The van der Waals surface area contributed by atoms with Gasteiger partial charge in [0.2, 0.25) is 11.8 Å². The molecule has 1 heterocycles. The summed E-state index contributed by atoms with van der Waals surface area (Å²) in [5, 5.41) is 7.08. The topological polar surface area (TPSA) is 93.2 Å². The standard InChI is InChI=1S/C18H25N5O2/c1-13(2)15-6-4-14(5-7-15)10-23-17(8-9-20-23)21-18(25)12-22(3)11-16(19)24/h4-9,13H,10-12H2,1-3H3,(H2,19,24)(H,21,25). The molecule has 0 atom stereocenters. The minimum Gasteiger partial charge on any atom is -0.369 e. The average molecular weight is 343 g/mol. The van der Waals surface area contributed by atoms with Gasteiger partial charge in [0.25, 0.3) is 0 Å². The number of nitrogens with two attached hydrogens (primary N) is 1. The van der Waals surface area contributed by atoms with Crippen LogP contribution in [0.2, 0.25) is 0 Å². The molecule has 25 heavy (non-hydrogen) atoms. The van der Waals surface area contributed by atoms with Crippen LogP contribution in [0.4, 0.5) is 5.82 Å². The fourth-order valence-corrected chi connectivity index (χ4v) is 2.50. The maximum absolute atomic E-state index is 12.1. The molecule has 7 nitrogen and oxygen atoms in total. The molecule has 0 saturated carbocycles. The molecular formula is C18H25N5O2. The highest BCUT2D eigenvalue weighted by molar-refractivity contribution is 5.91. The number of hydrogen-bond acceptors (Lipinski definition) is 4. The van der Waals surface area contributed by atoms with Crippen molar-refractivity contribution in [3.8, 4) is 0 Å². The van der Waals surface area contributed by atoms with Crippen molar-refractivity contribution in [1.29, 1.82) is 0 Å². The lowest BCUT2D eigenvalue weighted by atomic mass is 10.0. The predicted octanol–water partition coefficient (Wildman–Crippen LogP) is 1.41. The van der Waals surface area contributed by atoms with E-state index >= 15 is 0 Å². The van der Waals surface area contributed by atoms with E-state index in [0.29, 0.717) is 18.3 Å². The molecule has 0 aliphatic heterocycles. The minimum atomic E-state index is -0.467. The average Bonchev–Trinajstić information content (AvgIpc) is 2.93. The first-order valence-electron chi connectivity index (χ1n) is 8.22. The normalized spacial score (nSPS) is 11.1. The molecule has 7 heteroatoms. The molecule has 1 aromatic heterocycles. The number of anilines is 1. The molecule has 0 spiro atoms. The number of hydrogen-bond donors (Lipinski definition) is 2. The first kappa shape index (κ1) is 18.7. The van der Waals surface area contributed by atoms with Gasteiger partial charge >= 0.3 is 0 Å². The van der Waals surface area contributed by atoms with Crippen molar-refractivity contribution in [2.45, 2.75) is 26.3 Å². The summed E-state index contributed by atoms with van der Waals surface area (Å²) < 4.78 is 1.73. The number of nitrogens with zero attached hydrogens (tertiary/aromatic N) is 3. The third-order valence-corrected chi connectivity index (χ3v) is 3.80. The molecule has 3 N–H and O–H groups in total. The van der Waals surface area contributed by atoms with Crippen LogP contribution in [0.5, 0.6) is 0 Å². The van der Waals surface area contributed by atoms with Crippen LogP contribution in [0, 0.1) is 0 Å². The zero-order valence-electron chi connectivity index (χ0n) is 14.9. The third kappa shape index (κ3) is 5.72. The Morgan fingerprint density at radius 2 is 1.88 bits per heavy atom. The molecule has 0 saturated heterocycles. The number of benzene rings is 1. The van der Waals surface area contributed by atoms with Crippen molar-refractivity contribution >= 4 is 17.6 Å². The number of aromatic nitrogens is 2. The van der Waals surface area contributed by atoms with Gasteiger partial charge in [-0.1, -0.05) is 38.1 Å². The number of primary amides is 1. The summed E-state index contributed by atoms with van der Waals surface area (Å²) in [4.78, 5) is 24.5. The van der Waals surface area contributed by atoms with Gasteiger partial charge in [0.1, 0.15) is 5.82 Å². The number of carbonyl (C=O) groups excluding carboxylic acids is 2. The van der Waals surface area contributed by atoms with Gasteiger partial charge in [-0.25, -0.2) is 4.68 Å². The highest BCUT2D eigenvalue weighted by Crippen LogP contribution is 2.16. The van der Waals surface area contributed by atoms with Crippen LogP contribution in [0.3, 0.4) is 0 Å². The maximum atomic E-state index is 12.1. The van der Waals surface area contributed by atoms with E-state index in [4.69, 9.17) is 5.73 Å². The molecule has 2 amide bonds. The highest BCUT2D eigenvalue weighted by Gasteiger charge is 2.11. The first-order chi connectivity index (χ1) is 11.8. The molecule has 1 aromatic carbocycles. The van der Waals surface area contributed by atoms with E-state index in [2.05, 4.69) is 48.5 Å². The van der Waals surface area contributed by atoms with Crippen LogP contribution < -0.4 is 11.1 Å². The number of rotatable bonds is 8. The van der Waals surface area contributed by atoms with E-state index < -0.39 is 5.91 Å². The molecule has 0 bridgehead atoms. The Balaban J connectivity index is 1.97. The molecule has 0 fully saturated rings. The number of nitrogens with one attached hydrogen (secondary N) is 1. The van der Waals surface area contributed by atoms with Gasteiger partial charge in [-0.05, 0) is 24.1 Å². The van der Waals surface area contributed by atoms with Gasteiger partial charge in [0.05, 0.1) is 25.8 Å². The van der Waals surface area contributed by atoms with E-state index in [-0.39, 0.29) is 19.0 Å². The quantitative estimate of drug-likeness (QED) is 0.758. The van der Waals surface area contributed by atoms with Crippen LogP contribution in [0.1, 0.15) is 30.9 Å². The van der Waals surface area contributed by atoms with Gasteiger partial charge in [0, 0.05) is 6.07 Å². The molecule has 2 rings (SSSR count). The van der Waals surface area contributed by atoms with Crippen LogP contribution in [0.25, 0.3) is 0 Å². The van der Waals surface area contributed by atoms with E-state index in [9.17, 15) is 9.59 Å². The van der Waals surface area contributed by atoms with E-state index in [1.54, 1.807) is 28.9 Å². The lowest BCUT2D eigenvalue weighted by molar-refractivity contribution is -0.120. The second-order valence-corrected chi connectivity index (χ2v) is 6.46. The van der Waals surface area contributed by atoms with Crippen LogP contribution in [-0.2, 0) is 16.1 Å². The number of carbonyl (C=O) groups is 2. The van der Waals surface area contributed by atoms with E-state index in [0.717, 1.165) is 5.56 Å². The zero-order chi connectivity index (χ0) is 18.4. The minimum absolute atomic E-state index is 0.0366. The Morgan fingerprint density at radius 3 is 2.48 bits per heavy atom. The van der Waals surface area contributed by atoms with Crippen molar-refractivity contribution in [2.75, 3.05) is 25.5 Å². The Kier molecular flexibility index (Phi) is 6.30. The summed E-state index contributed by atoms with van der Waals surface area (Å²) in [5.74, 6) is 0.419. The van der Waals surface area contributed by atoms with E-state index in [1.807, 2.05) is 0 Å². The van der Waals surface area contributed by atoms with Crippen molar-refractivity contribution in [3.05, 3.63) is 47.7 Å². The SMILES string of the molecule is CC(C)c1ccc(Cn2nccc2NC(=O)CN(C)CC(N)=O)cc1. The summed E-state index contributed by atoms with van der Waals surface area (Å²) in [6.45, 7) is 5.00. The monoisotopic (exact) mass is 343 g/mol. The largest absolute Gasteiger partial charge is 0.369 e. The third-order valence-electron chi connectivity index (χ3n) is 3.80. The molecule has 0 aliphatic carbocycles. The maximum Gasteiger partial charge on any atom is 0.239 e. The lowest BCUT2D eigenvalue weighted by Gasteiger charge is -2.15. The van der Waals surface area contributed by atoms with Crippen LogP contribution in [0.15, 0.2) is 36.5 Å².